The molecule has 19 nitrogen and oxygen atoms in total. The first-order valence-electron chi connectivity index (χ1n) is 18.9. The van der Waals surface area contributed by atoms with Crippen LogP contribution in [0.4, 0.5) is 29.1 Å². The molecule has 7 rings (SSSR count). The first-order chi connectivity index (χ1) is 28.1. The Morgan fingerprint density at radius 3 is 1.90 bits per heavy atom. The lowest BCUT2D eigenvalue weighted by atomic mass is 9.80. The largest absolute Gasteiger partial charge is 0.500 e. The molecule has 1 saturated heterocycles. The van der Waals surface area contributed by atoms with Crippen LogP contribution >= 0.6 is 15.9 Å². The van der Waals surface area contributed by atoms with Gasteiger partial charge < -0.3 is 30.6 Å². The van der Waals surface area contributed by atoms with Crippen molar-refractivity contribution in [3.05, 3.63) is 65.3 Å². The predicted octanol–water partition coefficient (Wildman–Crippen LogP) is 5.46. The lowest BCUT2D eigenvalue weighted by molar-refractivity contribution is -0.115. The van der Waals surface area contributed by atoms with E-state index in [1.807, 2.05) is 58.2 Å². The summed E-state index contributed by atoms with van der Waals surface area (Å²) in [5.41, 5.74) is 4.06. The van der Waals surface area contributed by atoms with E-state index < -0.39 is 18.3 Å². The minimum absolute atomic E-state index is 0.121. The number of anilines is 5. The summed E-state index contributed by atoms with van der Waals surface area (Å²) in [7, 11) is 4.85. The number of aryl methyl sites for hydroxylation is 3. The average Bonchev–Trinajstić information content (AvgIpc) is 3.85. The molecular formula is C39H50BBrN14O5. The van der Waals surface area contributed by atoms with Gasteiger partial charge in [-0.25, -0.2) is 4.98 Å². The van der Waals surface area contributed by atoms with Crippen LogP contribution in [0, 0.1) is 0 Å². The molecule has 4 N–H and O–H groups in total. The molecule has 0 atom stereocenters. The van der Waals surface area contributed by atoms with Crippen molar-refractivity contribution in [3.8, 4) is 11.1 Å². The molecule has 0 aromatic carbocycles. The van der Waals surface area contributed by atoms with Gasteiger partial charge in [-0.1, -0.05) is 13.8 Å². The van der Waals surface area contributed by atoms with E-state index in [1.165, 1.54) is 20.8 Å². The summed E-state index contributed by atoms with van der Waals surface area (Å²) in [6.07, 6.45) is 8.92. The first-order valence-corrected chi connectivity index (χ1v) is 19.7. The molecule has 6 aromatic rings. The van der Waals surface area contributed by atoms with E-state index in [0.717, 1.165) is 32.1 Å². The van der Waals surface area contributed by atoms with E-state index in [1.54, 1.807) is 60.0 Å². The van der Waals surface area contributed by atoms with Gasteiger partial charge in [-0.2, -0.15) is 20.4 Å². The van der Waals surface area contributed by atoms with Gasteiger partial charge in [0, 0.05) is 83.3 Å². The van der Waals surface area contributed by atoms with Crippen molar-refractivity contribution in [3.63, 3.8) is 0 Å². The number of nitrogens with one attached hydrogen (secondary N) is 4. The van der Waals surface area contributed by atoms with Crippen molar-refractivity contribution in [1.82, 2.24) is 49.5 Å². The number of hydrogen-bond donors (Lipinski definition) is 4. The number of carbonyl (C=O) groups is 3. The number of pyridine rings is 2. The number of halogens is 1. The molecule has 1 aliphatic heterocycles. The minimum atomic E-state index is -0.527. The molecule has 0 saturated carbocycles. The molecular weight excluding hydrogens is 835 g/mol. The van der Waals surface area contributed by atoms with Gasteiger partial charge in [0.2, 0.25) is 17.7 Å². The Morgan fingerprint density at radius 2 is 1.30 bits per heavy atom. The first kappa shape index (κ1) is 45.0. The van der Waals surface area contributed by atoms with Crippen molar-refractivity contribution < 1.29 is 23.7 Å². The Kier molecular flexibility index (Phi) is 13.9. The molecule has 0 radical (unpaired) electrons. The predicted molar refractivity (Wildman–Crippen MR) is 234 cm³/mol. The lowest BCUT2D eigenvalue weighted by Gasteiger charge is -2.32. The maximum atomic E-state index is 11.5. The number of amides is 3. The number of fused-ring (bicyclic) bond motifs is 1. The molecule has 0 unspecified atom stereocenters. The van der Waals surface area contributed by atoms with Crippen molar-refractivity contribution in [2.24, 2.45) is 21.1 Å². The highest BCUT2D eigenvalue weighted by Crippen LogP contribution is 2.37. The average molecular weight is 886 g/mol. The van der Waals surface area contributed by atoms with E-state index >= 15 is 0 Å². The molecule has 60 heavy (non-hydrogen) atoms. The van der Waals surface area contributed by atoms with Crippen LogP contribution in [0.5, 0.6) is 0 Å². The Hall–Kier alpha value is -6.06. The zero-order valence-corrected chi connectivity index (χ0v) is 37.3. The van der Waals surface area contributed by atoms with Gasteiger partial charge in [0.25, 0.3) is 0 Å². The summed E-state index contributed by atoms with van der Waals surface area (Å²) in [4.78, 5) is 42.5. The van der Waals surface area contributed by atoms with Gasteiger partial charge in [0.15, 0.2) is 23.3 Å². The van der Waals surface area contributed by atoms with Crippen LogP contribution in [0.2, 0.25) is 0 Å². The number of hydrogen-bond acceptors (Lipinski definition) is 13. The Morgan fingerprint density at radius 1 is 0.733 bits per heavy atom. The quantitative estimate of drug-likeness (QED) is 0.140. The van der Waals surface area contributed by atoms with Crippen molar-refractivity contribution >= 4 is 86.4 Å². The summed E-state index contributed by atoms with van der Waals surface area (Å²) < 4.78 is 17.6. The van der Waals surface area contributed by atoms with E-state index in [2.05, 4.69) is 86.5 Å². The molecule has 0 aliphatic carbocycles. The molecule has 3 amide bonds. The van der Waals surface area contributed by atoms with Crippen LogP contribution in [0.25, 0.3) is 22.2 Å². The number of carbonyl (C=O) groups excluding carboxylic acids is 3. The van der Waals surface area contributed by atoms with E-state index in [9.17, 15) is 14.4 Å². The van der Waals surface area contributed by atoms with E-state index in [0.29, 0.717) is 40.5 Å². The van der Waals surface area contributed by atoms with Gasteiger partial charge in [-0.05, 0) is 79.4 Å². The second kappa shape index (κ2) is 18.5. The number of nitrogens with zero attached hydrogens (tertiary/aromatic N) is 10. The van der Waals surface area contributed by atoms with Gasteiger partial charge in [-0.15, -0.1) is 5.10 Å². The number of rotatable bonds is 8. The van der Waals surface area contributed by atoms with Crippen LogP contribution in [0.15, 0.2) is 59.7 Å². The fraction of sp³-hybridized carbons (Fsp3) is 0.385. The smallest absolute Gasteiger partial charge is 0.399 e. The van der Waals surface area contributed by atoms with Crippen molar-refractivity contribution in [2.45, 2.75) is 79.4 Å². The Labute approximate surface area is 356 Å². The highest BCUT2D eigenvalue weighted by molar-refractivity contribution is 9.10. The van der Waals surface area contributed by atoms with Crippen LogP contribution in [-0.2, 0) is 44.8 Å². The second-order valence-electron chi connectivity index (χ2n) is 15.4. The third-order valence-corrected chi connectivity index (χ3v) is 9.89. The van der Waals surface area contributed by atoms with Crippen LogP contribution in [0.1, 0.15) is 73.8 Å². The topological polar surface area (TPSA) is 223 Å². The van der Waals surface area contributed by atoms with Crippen LogP contribution in [0.3, 0.4) is 0 Å². The Balaban J connectivity index is 0.000000193. The van der Waals surface area contributed by atoms with E-state index in [4.69, 9.17) is 9.31 Å². The molecule has 0 bridgehead atoms. The van der Waals surface area contributed by atoms with Gasteiger partial charge in [0.1, 0.15) is 5.82 Å². The summed E-state index contributed by atoms with van der Waals surface area (Å²) in [5.74, 6) is 2.69. The minimum Gasteiger partial charge on any atom is -0.399 e. The Bertz CT molecular complexity index is 2500. The third-order valence-electron chi connectivity index (χ3n) is 9.31. The normalized spacial score (nSPS) is 13.9. The van der Waals surface area contributed by atoms with Crippen molar-refractivity contribution in [2.75, 3.05) is 21.3 Å². The maximum absolute atomic E-state index is 11.5. The summed E-state index contributed by atoms with van der Waals surface area (Å²) in [6, 6.07) is 7.64. The second-order valence-corrected chi connectivity index (χ2v) is 16.3. The summed E-state index contributed by atoms with van der Waals surface area (Å²) >= 11 is 3.25. The van der Waals surface area contributed by atoms with Gasteiger partial charge in [-0.3, -0.25) is 33.4 Å². The van der Waals surface area contributed by atoms with Gasteiger partial charge in [0.05, 0.1) is 32.9 Å². The fourth-order valence-electron chi connectivity index (χ4n) is 5.70. The molecule has 7 heterocycles. The van der Waals surface area contributed by atoms with Crippen LogP contribution in [-0.4, -0.2) is 85.5 Å². The SMILES string of the molecule is CC(=O)Nc1nn(C)cc1-c1cnc2ccc(Nc3cc(C(C)C)cnn3)nc2c1.CC(=O)Nc1nn(C)cc1B1OC(C)(C)C(C)(C)O1.CC(=O)Nc1nn(C)cc1Br. The summed E-state index contributed by atoms with van der Waals surface area (Å²) in [6.45, 7) is 16.5. The fourth-order valence-corrected chi connectivity index (χ4v) is 6.17. The highest BCUT2D eigenvalue weighted by atomic mass is 79.9. The molecule has 1 fully saturated rings. The standard InChI is InChI=1S/C21H22N8O.C12H20BN3O3.C6H8BrN3O/c1-12(2)14-8-20(27-23-10-14)26-19-6-5-17-18(25-19)7-15(9-22-17)16-11-29(4)28-21(16)24-13(3)30;1-8(17)14-10-9(7-16(6)15-10)13-18-11(2,3)12(4,5)19-13;1-4(11)8-6-5(7)3-10(2)9-6/h5-12H,1-4H3,(H,24,28,30)(H,25,26,27);7H,1-6H3,(H,14,15,17);3H,1-2H3,(H,8,9,11). The molecule has 6 aromatic heterocycles. The van der Waals surface area contributed by atoms with E-state index in [-0.39, 0.29) is 17.7 Å². The molecule has 316 valence electrons. The van der Waals surface area contributed by atoms with Crippen LogP contribution < -0.4 is 26.7 Å². The summed E-state index contributed by atoms with van der Waals surface area (Å²) in [5, 5.41) is 31.9. The highest BCUT2D eigenvalue weighted by Gasteiger charge is 2.53. The zero-order valence-electron chi connectivity index (χ0n) is 35.7. The molecule has 21 heteroatoms. The molecule has 1 aliphatic rings. The zero-order chi connectivity index (χ0) is 44.1. The third kappa shape index (κ3) is 11.4. The molecule has 0 spiro atoms. The maximum Gasteiger partial charge on any atom is 0.500 e. The van der Waals surface area contributed by atoms with Crippen molar-refractivity contribution in [1.29, 1.82) is 0 Å². The lowest BCUT2D eigenvalue weighted by Crippen LogP contribution is -2.41. The monoisotopic (exact) mass is 884 g/mol. The van der Waals surface area contributed by atoms with Gasteiger partial charge >= 0.3 is 7.12 Å². The number of aromatic nitrogens is 10.